The van der Waals surface area contributed by atoms with E-state index in [2.05, 4.69) is 38.1 Å². The van der Waals surface area contributed by atoms with E-state index < -0.39 is 0 Å². The van der Waals surface area contributed by atoms with Gasteiger partial charge < -0.3 is 10.6 Å². The topological polar surface area (TPSA) is 47.5 Å². The molecule has 0 heterocycles. The summed E-state index contributed by atoms with van der Waals surface area (Å²) in [6.07, 6.45) is 0. The lowest BCUT2D eigenvalue weighted by Crippen LogP contribution is -3.12. The van der Waals surface area contributed by atoms with Crippen LogP contribution in [0.4, 0.5) is 0 Å². The smallest absolute Gasteiger partial charge is 0.275 e. The van der Waals surface area contributed by atoms with Gasteiger partial charge in [-0.2, -0.15) is 0 Å². The van der Waals surface area contributed by atoms with Gasteiger partial charge in [0.2, 0.25) is 0 Å². The highest BCUT2D eigenvalue weighted by Gasteiger charge is 2.18. The summed E-state index contributed by atoms with van der Waals surface area (Å²) in [5.41, 5.74) is 7.87. The molecule has 1 unspecified atom stereocenters. The van der Waals surface area contributed by atoms with Gasteiger partial charge in [0, 0.05) is 5.56 Å². The number of hydrogen-bond donors (Lipinski definition) is 2. The van der Waals surface area contributed by atoms with Gasteiger partial charge >= 0.3 is 0 Å². The Kier molecular flexibility index (Phi) is 4.70. The Morgan fingerprint density at radius 1 is 1.24 bits per heavy atom. The minimum absolute atomic E-state index is 0.153. The van der Waals surface area contributed by atoms with Crippen molar-refractivity contribution in [1.82, 2.24) is 0 Å². The van der Waals surface area contributed by atoms with Gasteiger partial charge in [-0.15, -0.1) is 0 Å². The highest BCUT2D eigenvalue weighted by atomic mass is 16.1. The summed E-state index contributed by atoms with van der Waals surface area (Å²) in [6, 6.07) is 8.42. The Balaban J connectivity index is 2.66. The summed E-state index contributed by atoms with van der Waals surface area (Å²) in [4.78, 5) is 12.2. The molecule has 3 heteroatoms. The number of nitrogens with two attached hydrogens (primary N) is 1. The summed E-state index contributed by atoms with van der Waals surface area (Å²) in [6.45, 7) is 7.05. The Hall–Kier alpha value is -1.35. The van der Waals surface area contributed by atoms with Crippen molar-refractivity contribution in [3.63, 3.8) is 0 Å². The first-order valence-electron chi connectivity index (χ1n) is 6.12. The van der Waals surface area contributed by atoms with Crippen LogP contribution < -0.4 is 10.6 Å². The van der Waals surface area contributed by atoms with Crippen molar-refractivity contribution in [2.45, 2.75) is 39.3 Å². The third-order valence-electron chi connectivity index (χ3n) is 3.30. The minimum atomic E-state index is -0.249. The van der Waals surface area contributed by atoms with Crippen molar-refractivity contribution in [3.05, 3.63) is 35.4 Å². The molecule has 0 aliphatic heterocycles. The van der Waals surface area contributed by atoms with Gasteiger partial charge in [0.15, 0.2) is 6.04 Å². The molecule has 0 bridgehead atoms. The van der Waals surface area contributed by atoms with Gasteiger partial charge in [0.05, 0.1) is 7.05 Å². The Morgan fingerprint density at radius 3 is 2.18 bits per heavy atom. The number of nitrogens with one attached hydrogen (secondary N) is 1. The molecule has 1 amide bonds. The third kappa shape index (κ3) is 3.86. The number of primary amides is 1. The molecule has 0 aliphatic carbocycles. The van der Waals surface area contributed by atoms with Crippen LogP contribution in [-0.4, -0.2) is 19.0 Å². The van der Waals surface area contributed by atoms with Gasteiger partial charge in [0.25, 0.3) is 5.91 Å². The van der Waals surface area contributed by atoms with E-state index >= 15 is 0 Å². The van der Waals surface area contributed by atoms with E-state index in [1.165, 1.54) is 11.1 Å². The summed E-state index contributed by atoms with van der Waals surface area (Å²) in [5.74, 6) is 0.306. The lowest BCUT2D eigenvalue weighted by molar-refractivity contribution is -0.908. The first-order valence-corrected chi connectivity index (χ1v) is 6.12. The van der Waals surface area contributed by atoms with Crippen molar-refractivity contribution >= 4 is 5.91 Å². The molecule has 17 heavy (non-hydrogen) atoms. The second-order valence-electron chi connectivity index (χ2n) is 5.04. The fourth-order valence-corrected chi connectivity index (χ4v) is 1.74. The number of hydrogen-bond acceptors (Lipinski definition) is 1. The molecule has 1 rings (SSSR count). The van der Waals surface area contributed by atoms with Gasteiger partial charge in [0.1, 0.15) is 6.54 Å². The number of benzene rings is 1. The SMILES string of the molecule is CC(C)c1ccc(C[NH+](C)[C@@H](C)C(N)=O)cc1. The van der Waals surface area contributed by atoms with Crippen LogP contribution in [0.1, 0.15) is 37.8 Å². The molecule has 94 valence electrons. The van der Waals surface area contributed by atoms with E-state index in [0.717, 1.165) is 11.4 Å². The standard InChI is InChI=1S/C14H22N2O/c1-10(2)13-7-5-12(6-8-13)9-16(4)11(3)14(15)17/h5-8,10-11H,9H2,1-4H3,(H2,15,17)/p+1/t11-/m0/s1. The van der Waals surface area contributed by atoms with Crippen LogP contribution in [0.15, 0.2) is 24.3 Å². The molecule has 0 radical (unpaired) electrons. The van der Waals surface area contributed by atoms with Crippen molar-refractivity contribution in [2.75, 3.05) is 7.05 Å². The highest BCUT2D eigenvalue weighted by Crippen LogP contribution is 2.14. The van der Waals surface area contributed by atoms with Crippen LogP contribution in [-0.2, 0) is 11.3 Å². The van der Waals surface area contributed by atoms with Crippen LogP contribution in [0.3, 0.4) is 0 Å². The predicted molar refractivity (Wildman–Crippen MR) is 69.8 cm³/mol. The molecule has 0 saturated carbocycles. The Bertz CT molecular complexity index is 370. The zero-order valence-corrected chi connectivity index (χ0v) is 11.2. The number of likely N-dealkylation sites (N-methyl/N-ethyl adjacent to an activating group) is 1. The third-order valence-corrected chi connectivity index (χ3v) is 3.30. The van der Waals surface area contributed by atoms with E-state index in [9.17, 15) is 4.79 Å². The molecular weight excluding hydrogens is 212 g/mol. The summed E-state index contributed by atoms with van der Waals surface area (Å²) >= 11 is 0. The van der Waals surface area contributed by atoms with E-state index in [1.807, 2.05) is 14.0 Å². The number of rotatable bonds is 5. The summed E-state index contributed by atoms with van der Waals surface area (Å²) in [5, 5.41) is 0. The second-order valence-corrected chi connectivity index (χ2v) is 5.04. The maximum absolute atomic E-state index is 11.1. The average Bonchev–Trinajstić information content (AvgIpc) is 2.28. The number of carbonyl (C=O) groups excluding carboxylic acids is 1. The molecule has 0 fully saturated rings. The first-order chi connectivity index (χ1) is 7.91. The maximum atomic E-state index is 11.1. The van der Waals surface area contributed by atoms with E-state index in [0.29, 0.717) is 5.92 Å². The summed E-state index contributed by atoms with van der Waals surface area (Å²) < 4.78 is 0. The Morgan fingerprint density at radius 2 is 1.76 bits per heavy atom. The molecular formula is C14H23N2O+. The Labute approximate surface area is 104 Å². The lowest BCUT2D eigenvalue weighted by Gasteiger charge is -2.19. The first kappa shape index (κ1) is 13.7. The molecule has 0 saturated heterocycles. The van der Waals surface area contributed by atoms with Gasteiger partial charge in [-0.05, 0) is 18.4 Å². The molecule has 3 N–H and O–H groups in total. The van der Waals surface area contributed by atoms with Crippen LogP contribution in [0.2, 0.25) is 0 Å². The van der Waals surface area contributed by atoms with E-state index in [-0.39, 0.29) is 11.9 Å². The van der Waals surface area contributed by atoms with Crippen LogP contribution >= 0.6 is 0 Å². The number of amides is 1. The highest BCUT2D eigenvalue weighted by molar-refractivity contribution is 5.77. The van der Waals surface area contributed by atoms with Crippen LogP contribution in [0.25, 0.3) is 0 Å². The summed E-state index contributed by atoms with van der Waals surface area (Å²) in [7, 11) is 1.99. The largest absolute Gasteiger partial charge is 0.365 e. The zero-order valence-electron chi connectivity index (χ0n) is 11.2. The molecule has 3 nitrogen and oxygen atoms in total. The van der Waals surface area contributed by atoms with E-state index in [4.69, 9.17) is 5.73 Å². The molecule has 2 atom stereocenters. The van der Waals surface area contributed by atoms with E-state index in [1.54, 1.807) is 0 Å². The van der Waals surface area contributed by atoms with Crippen molar-refractivity contribution < 1.29 is 9.69 Å². The molecule has 1 aromatic carbocycles. The fourth-order valence-electron chi connectivity index (χ4n) is 1.74. The van der Waals surface area contributed by atoms with Crippen LogP contribution in [0, 0.1) is 0 Å². The molecule has 0 spiro atoms. The molecule has 1 aromatic rings. The van der Waals surface area contributed by atoms with Crippen molar-refractivity contribution in [2.24, 2.45) is 5.73 Å². The molecule has 0 aliphatic rings. The maximum Gasteiger partial charge on any atom is 0.275 e. The molecule has 0 aromatic heterocycles. The van der Waals surface area contributed by atoms with Crippen molar-refractivity contribution in [1.29, 1.82) is 0 Å². The average molecular weight is 235 g/mol. The lowest BCUT2D eigenvalue weighted by atomic mass is 10.0. The van der Waals surface area contributed by atoms with Crippen molar-refractivity contribution in [3.8, 4) is 0 Å². The second kappa shape index (κ2) is 5.82. The number of quaternary nitrogens is 1. The monoisotopic (exact) mass is 235 g/mol. The van der Waals surface area contributed by atoms with Crippen LogP contribution in [0.5, 0.6) is 0 Å². The normalized spacial score (nSPS) is 14.6. The predicted octanol–water partition coefficient (Wildman–Crippen LogP) is 0.699. The minimum Gasteiger partial charge on any atom is -0.365 e. The zero-order chi connectivity index (χ0) is 13.0. The van der Waals surface area contributed by atoms with Gasteiger partial charge in [-0.25, -0.2) is 0 Å². The van der Waals surface area contributed by atoms with Gasteiger partial charge in [-0.3, -0.25) is 4.79 Å². The quantitative estimate of drug-likeness (QED) is 0.775. The fraction of sp³-hybridized carbons (Fsp3) is 0.500. The number of carbonyl (C=O) groups is 1. The van der Waals surface area contributed by atoms with Gasteiger partial charge in [-0.1, -0.05) is 38.1 Å².